The Labute approximate surface area is 90.7 Å². The molecule has 1 rings (SSSR count). The zero-order valence-electron chi connectivity index (χ0n) is 8.55. The van der Waals surface area contributed by atoms with E-state index in [0.29, 0.717) is 10.5 Å². The lowest BCUT2D eigenvalue weighted by molar-refractivity contribution is -0.00000264. The Morgan fingerprint density at radius 3 is 2.54 bits per heavy atom. The Morgan fingerprint density at radius 1 is 1.23 bits per heavy atom. The molecule has 0 nitrogen and oxygen atoms in total. The van der Waals surface area contributed by atoms with Gasteiger partial charge in [-0.25, -0.2) is 0 Å². The lowest BCUT2D eigenvalue weighted by Gasteiger charge is -1.93. The molecule has 0 aliphatic rings. The second-order valence-corrected chi connectivity index (χ2v) is 5.48. The molecule has 2 heteroatoms. The molecule has 0 fully saturated rings. The minimum Gasteiger partial charge on any atom is -1.00 e. The fourth-order valence-corrected chi connectivity index (χ4v) is 3.09. The first-order valence-corrected chi connectivity index (χ1v) is 6.35. The second-order valence-electron chi connectivity index (χ2n) is 3.30. The van der Waals surface area contributed by atoms with E-state index >= 15 is 0 Å². The summed E-state index contributed by atoms with van der Waals surface area (Å²) >= 11 is 0. The highest BCUT2D eigenvalue weighted by atomic mass is 35.5. The van der Waals surface area contributed by atoms with Crippen LogP contribution < -0.4 is 12.4 Å². The molecule has 0 spiro atoms. The molecule has 0 amide bonds. The predicted octanol–water partition coefficient (Wildman–Crippen LogP) is 1.33. The molecule has 0 saturated heterocycles. The first-order valence-electron chi connectivity index (χ1n) is 4.89. The lowest BCUT2D eigenvalue weighted by atomic mass is 10.2. The van der Waals surface area contributed by atoms with Gasteiger partial charge < -0.3 is 12.4 Å². The van der Waals surface area contributed by atoms with Crippen molar-refractivity contribution in [2.24, 2.45) is 0 Å². The Balaban J connectivity index is 0.00000144. The van der Waals surface area contributed by atoms with Crippen LogP contribution in [0, 0.1) is 6.92 Å². The van der Waals surface area contributed by atoms with Crippen LogP contribution in [0.1, 0.15) is 37.5 Å². The number of thiophene rings is 1. The molecule has 0 bridgehead atoms. The average molecular weight is 219 g/mol. The Hall–Kier alpha value is -0.0100. The second kappa shape index (κ2) is 7.40. The Morgan fingerprint density at radius 2 is 2.00 bits per heavy atom. The predicted molar refractivity (Wildman–Crippen MR) is 57.8 cm³/mol. The van der Waals surface area contributed by atoms with Crippen molar-refractivity contribution >= 4 is 10.5 Å². The van der Waals surface area contributed by atoms with Crippen LogP contribution in [0.3, 0.4) is 0 Å². The molecule has 1 aromatic heterocycles. The zero-order chi connectivity index (χ0) is 8.81. The van der Waals surface area contributed by atoms with E-state index in [2.05, 4.69) is 31.4 Å². The minimum absolute atomic E-state index is 0. The highest BCUT2D eigenvalue weighted by Gasteiger charge is 2.06. The third kappa shape index (κ3) is 4.68. The topological polar surface area (TPSA) is 0 Å². The molecule has 76 valence electrons. The number of hydrogen-bond acceptors (Lipinski definition) is 0. The maximum absolute atomic E-state index is 2.36. The van der Waals surface area contributed by atoms with Gasteiger partial charge in [-0.05, 0) is 35.4 Å². The third-order valence-electron chi connectivity index (χ3n) is 2.21. The van der Waals surface area contributed by atoms with Gasteiger partial charge >= 0.3 is 0 Å². The Kier molecular flexibility index (Phi) is 7.39. The molecule has 1 atom stereocenters. The van der Waals surface area contributed by atoms with E-state index in [1.54, 1.807) is 4.88 Å². The summed E-state index contributed by atoms with van der Waals surface area (Å²) in [6.07, 6.45) is 5.58. The summed E-state index contributed by atoms with van der Waals surface area (Å²) in [6.45, 7) is 4.52. The first kappa shape index (κ1) is 13.0. The molecule has 0 N–H and O–H groups in total. The van der Waals surface area contributed by atoms with Crippen molar-refractivity contribution < 1.29 is 12.4 Å². The largest absolute Gasteiger partial charge is 1.00 e. The molecule has 13 heavy (non-hydrogen) atoms. The van der Waals surface area contributed by atoms with Gasteiger partial charge in [0.15, 0.2) is 0 Å². The van der Waals surface area contributed by atoms with Crippen LogP contribution in [0.25, 0.3) is 0 Å². The maximum Gasteiger partial charge on any atom is 0.147 e. The molecule has 0 aliphatic carbocycles. The van der Waals surface area contributed by atoms with Gasteiger partial charge in [-0.15, -0.1) is 0 Å². The van der Waals surface area contributed by atoms with Crippen molar-refractivity contribution in [3.05, 3.63) is 22.4 Å². The summed E-state index contributed by atoms with van der Waals surface area (Å²) in [5.74, 6) is 1.39. The van der Waals surface area contributed by atoms with Crippen molar-refractivity contribution in [1.82, 2.24) is 0 Å². The average Bonchev–Trinajstić information content (AvgIpc) is 2.46. The van der Waals surface area contributed by atoms with Crippen LogP contribution in [-0.2, 0) is 5.75 Å². The van der Waals surface area contributed by atoms with E-state index in [4.69, 9.17) is 0 Å². The zero-order valence-corrected chi connectivity index (χ0v) is 10.1. The van der Waals surface area contributed by atoms with E-state index in [-0.39, 0.29) is 12.4 Å². The lowest BCUT2D eigenvalue weighted by Crippen LogP contribution is -3.00. The quantitative estimate of drug-likeness (QED) is 0.517. The normalized spacial score (nSPS) is 11.1. The van der Waals surface area contributed by atoms with Crippen molar-refractivity contribution in [3.8, 4) is 0 Å². The number of unbranched alkanes of at least 4 members (excludes halogenated alkanes) is 3. The molecule has 1 unspecified atom stereocenters. The van der Waals surface area contributed by atoms with Gasteiger partial charge in [0, 0.05) is 6.92 Å². The van der Waals surface area contributed by atoms with E-state index < -0.39 is 0 Å². The van der Waals surface area contributed by atoms with Gasteiger partial charge in [-0.2, -0.15) is 0 Å². The Bertz CT molecular complexity index is 218. The highest BCUT2D eigenvalue weighted by Crippen LogP contribution is 2.26. The van der Waals surface area contributed by atoms with Crippen LogP contribution >= 0.6 is 10.5 Å². The molecule has 0 aliphatic heterocycles. The summed E-state index contributed by atoms with van der Waals surface area (Å²) < 4.78 is 0. The standard InChI is InChI=1S/C11H19S.ClH/c1-3-4-5-6-9-12-10-7-8-11(12)2;/h7-8,10H,3-6,9H2,1-2H3;1H/q+1;/p-1. The SMILES string of the molecule is CCCCCC[s+]1cccc1C.[Cl-]. The monoisotopic (exact) mass is 218 g/mol. The van der Waals surface area contributed by atoms with Crippen LogP contribution in [-0.4, -0.2) is 0 Å². The van der Waals surface area contributed by atoms with Gasteiger partial charge in [0.1, 0.15) is 16.0 Å². The van der Waals surface area contributed by atoms with Gasteiger partial charge in [-0.3, -0.25) is 0 Å². The molecule has 0 aromatic carbocycles. The van der Waals surface area contributed by atoms with Crippen molar-refractivity contribution in [2.45, 2.75) is 45.3 Å². The van der Waals surface area contributed by atoms with Crippen molar-refractivity contribution in [3.63, 3.8) is 0 Å². The molecular weight excluding hydrogens is 200 g/mol. The summed E-state index contributed by atoms with van der Waals surface area (Å²) in [4.78, 5) is 1.58. The van der Waals surface area contributed by atoms with E-state index in [0.717, 1.165) is 0 Å². The third-order valence-corrected chi connectivity index (χ3v) is 4.38. The molecule has 0 saturated carbocycles. The molecule has 1 heterocycles. The highest BCUT2D eigenvalue weighted by molar-refractivity contribution is 7.29. The number of rotatable bonds is 5. The van der Waals surface area contributed by atoms with Gasteiger partial charge in [0.2, 0.25) is 0 Å². The van der Waals surface area contributed by atoms with Crippen molar-refractivity contribution in [2.75, 3.05) is 0 Å². The van der Waals surface area contributed by atoms with Crippen LogP contribution in [0.2, 0.25) is 0 Å². The van der Waals surface area contributed by atoms with Gasteiger partial charge in [0.25, 0.3) is 0 Å². The van der Waals surface area contributed by atoms with Crippen molar-refractivity contribution in [1.29, 1.82) is 0 Å². The van der Waals surface area contributed by atoms with Crippen LogP contribution in [0.5, 0.6) is 0 Å². The minimum atomic E-state index is 0. The number of halogens is 1. The number of aryl methyl sites for hydroxylation is 2. The van der Waals surface area contributed by atoms with E-state index in [9.17, 15) is 0 Å². The smallest absolute Gasteiger partial charge is 0.147 e. The van der Waals surface area contributed by atoms with Crippen LogP contribution in [0.15, 0.2) is 17.5 Å². The fourth-order valence-electron chi connectivity index (χ4n) is 1.38. The fraction of sp³-hybridized carbons (Fsp3) is 0.636. The summed E-state index contributed by atoms with van der Waals surface area (Å²) in [5, 5.41) is 2.36. The number of hydrogen-bond donors (Lipinski definition) is 0. The summed E-state index contributed by atoms with van der Waals surface area (Å²) in [5.41, 5.74) is 0. The summed E-state index contributed by atoms with van der Waals surface area (Å²) in [6, 6.07) is 4.46. The molecular formula is C11H19ClS. The maximum atomic E-state index is 2.36. The molecule has 1 aromatic rings. The van der Waals surface area contributed by atoms with Gasteiger partial charge in [0.05, 0.1) is 0 Å². The summed E-state index contributed by atoms with van der Waals surface area (Å²) in [7, 11) is 0.505. The van der Waals surface area contributed by atoms with E-state index in [1.807, 2.05) is 0 Å². The van der Waals surface area contributed by atoms with Gasteiger partial charge in [-0.1, -0.05) is 19.8 Å². The first-order chi connectivity index (χ1) is 5.84. The van der Waals surface area contributed by atoms with E-state index in [1.165, 1.54) is 31.4 Å². The van der Waals surface area contributed by atoms with Crippen LogP contribution in [0.4, 0.5) is 0 Å². The molecule has 0 radical (unpaired) electrons.